The Labute approximate surface area is 175 Å². The number of nitrogens with two attached hydrogens (primary N) is 1. The molecule has 1 aliphatic heterocycles. The van der Waals surface area contributed by atoms with Crippen LogP contribution in [0.3, 0.4) is 0 Å². The normalized spacial score (nSPS) is 17.5. The number of ether oxygens (including phenoxy) is 1. The van der Waals surface area contributed by atoms with Crippen LogP contribution in [0.5, 0.6) is 5.75 Å². The molecule has 0 fully saturated rings. The number of fused-ring (bicyclic) bond motifs is 1. The molecule has 29 heavy (non-hydrogen) atoms. The molecule has 1 atom stereocenters. The van der Waals surface area contributed by atoms with Crippen molar-refractivity contribution in [3.63, 3.8) is 0 Å². The maximum absolute atomic E-state index is 12.8. The van der Waals surface area contributed by atoms with Crippen LogP contribution in [-0.4, -0.2) is 30.9 Å². The van der Waals surface area contributed by atoms with Crippen LogP contribution >= 0.6 is 11.6 Å². The predicted molar refractivity (Wildman–Crippen MR) is 112 cm³/mol. The van der Waals surface area contributed by atoms with E-state index in [1.54, 1.807) is 17.0 Å². The first-order valence-corrected chi connectivity index (χ1v) is 10.3. The van der Waals surface area contributed by atoms with E-state index in [9.17, 15) is 14.4 Å². The molecule has 3 N–H and O–H groups in total. The summed E-state index contributed by atoms with van der Waals surface area (Å²) in [7, 11) is 0. The van der Waals surface area contributed by atoms with Crippen molar-refractivity contribution in [3.8, 4) is 5.75 Å². The monoisotopic (exact) mass is 419 g/mol. The Morgan fingerprint density at radius 3 is 2.62 bits per heavy atom. The summed E-state index contributed by atoms with van der Waals surface area (Å²) in [4.78, 5) is 38.6. The molecule has 1 aliphatic carbocycles. The van der Waals surface area contributed by atoms with E-state index in [2.05, 4.69) is 19.2 Å². The number of nitrogens with zero attached hydrogens (tertiary/aromatic N) is 1. The third-order valence-corrected chi connectivity index (χ3v) is 5.78. The lowest BCUT2D eigenvalue weighted by atomic mass is 9.90. The molecule has 1 aromatic rings. The molecule has 0 bridgehead atoms. The van der Waals surface area contributed by atoms with Gasteiger partial charge in [0.15, 0.2) is 6.61 Å². The summed E-state index contributed by atoms with van der Waals surface area (Å²) in [6, 6.07) is 3.26. The van der Waals surface area contributed by atoms with Gasteiger partial charge in [0.05, 0.1) is 16.4 Å². The molecule has 1 heterocycles. The highest BCUT2D eigenvalue weighted by Gasteiger charge is 2.29. The smallest absolute Gasteiger partial charge is 0.265 e. The third-order valence-electron chi connectivity index (χ3n) is 5.47. The van der Waals surface area contributed by atoms with Gasteiger partial charge in [-0.25, -0.2) is 0 Å². The van der Waals surface area contributed by atoms with E-state index in [1.165, 1.54) is 0 Å². The molecule has 1 aromatic carbocycles. The molecule has 8 heteroatoms. The molecule has 0 saturated heterocycles. The van der Waals surface area contributed by atoms with Gasteiger partial charge in [0, 0.05) is 23.8 Å². The van der Waals surface area contributed by atoms with E-state index in [0.29, 0.717) is 58.6 Å². The second-order valence-corrected chi connectivity index (χ2v) is 8.00. The Morgan fingerprint density at radius 1 is 1.28 bits per heavy atom. The summed E-state index contributed by atoms with van der Waals surface area (Å²) >= 11 is 6.35. The van der Waals surface area contributed by atoms with Gasteiger partial charge in [-0.15, -0.1) is 0 Å². The highest BCUT2D eigenvalue weighted by Crippen LogP contribution is 2.40. The molecule has 3 amide bonds. The molecule has 1 unspecified atom stereocenters. The van der Waals surface area contributed by atoms with Gasteiger partial charge < -0.3 is 20.7 Å². The highest BCUT2D eigenvalue weighted by molar-refractivity contribution is 6.34. The molecule has 0 spiro atoms. The Balaban J connectivity index is 1.92. The number of nitrogens with one attached hydrogen (secondary N) is 1. The van der Waals surface area contributed by atoms with Crippen LogP contribution in [0.4, 0.5) is 11.4 Å². The van der Waals surface area contributed by atoms with Crippen molar-refractivity contribution in [3.05, 3.63) is 28.3 Å². The van der Waals surface area contributed by atoms with Gasteiger partial charge >= 0.3 is 0 Å². The molecule has 0 aromatic heterocycles. The number of anilines is 2. The van der Waals surface area contributed by atoms with Crippen LogP contribution in [-0.2, 0) is 14.4 Å². The average Bonchev–Trinajstić information content (AvgIpc) is 2.70. The number of benzene rings is 1. The first kappa shape index (κ1) is 21.2. The van der Waals surface area contributed by atoms with E-state index < -0.39 is 11.8 Å². The summed E-state index contributed by atoms with van der Waals surface area (Å²) in [5, 5.41) is 3.09. The minimum Gasteiger partial charge on any atom is -0.482 e. The fourth-order valence-corrected chi connectivity index (χ4v) is 3.79. The van der Waals surface area contributed by atoms with E-state index in [0.717, 1.165) is 19.3 Å². The highest BCUT2D eigenvalue weighted by atomic mass is 35.5. The summed E-state index contributed by atoms with van der Waals surface area (Å²) in [5.41, 5.74) is 7.16. The van der Waals surface area contributed by atoms with E-state index in [1.807, 2.05) is 0 Å². The number of rotatable bonds is 6. The topological polar surface area (TPSA) is 102 Å². The van der Waals surface area contributed by atoms with Gasteiger partial charge in [-0.3, -0.25) is 14.4 Å². The van der Waals surface area contributed by atoms with Crippen LogP contribution in [0.2, 0.25) is 5.02 Å². The first-order chi connectivity index (χ1) is 13.8. The summed E-state index contributed by atoms with van der Waals surface area (Å²) in [5.74, 6) is -0.278. The number of primary amides is 1. The second-order valence-electron chi connectivity index (χ2n) is 7.59. The van der Waals surface area contributed by atoms with Gasteiger partial charge in [-0.2, -0.15) is 0 Å². The Hall–Kier alpha value is -2.54. The summed E-state index contributed by atoms with van der Waals surface area (Å²) in [6.07, 6.45) is 3.58. The molecular formula is C21H26ClN3O4. The molecule has 0 saturated carbocycles. The Kier molecular flexibility index (Phi) is 6.47. The van der Waals surface area contributed by atoms with E-state index in [4.69, 9.17) is 22.1 Å². The van der Waals surface area contributed by atoms with Crippen molar-refractivity contribution in [2.45, 2.75) is 46.0 Å². The third kappa shape index (κ3) is 4.56. The van der Waals surface area contributed by atoms with E-state index in [-0.39, 0.29) is 12.5 Å². The van der Waals surface area contributed by atoms with Crippen molar-refractivity contribution < 1.29 is 19.1 Å². The minimum atomic E-state index is -0.565. The predicted octanol–water partition coefficient (Wildman–Crippen LogP) is 3.41. The number of hydrogen-bond donors (Lipinski definition) is 2. The number of hydrogen-bond acceptors (Lipinski definition) is 4. The quantitative estimate of drug-likeness (QED) is 0.737. The van der Waals surface area contributed by atoms with Crippen molar-refractivity contribution in [1.29, 1.82) is 0 Å². The summed E-state index contributed by atoms with van der Waals surface area (Å²) in [6.45, 7) is 4.65. The van der Waals surface area contributed by atoms with Gasteiger partial charge in [0.25, 0.3) is 11.8 Å². The van der Waals surface area contributed by atoms with Crippen molar-refractivity contribution in [1.82, 2.24) is 0 Å². The van der Waals surface area contributed by atoms with Crippen LogP contribution < -0.4 is 20.7 Å². The minimum absolute atomic E-state index is 0.0413. The maximum Gasteiger partial charge on any atom is 0.265 e. The number of halogens is 1. The molecule has 156 valence electrons. The lowest BCUT2D eigenvalue weighted by molar-refractivity contribution is -0.121. The van der Waals surface area contributed by atoms with Crippen molar-refractivity contribution in [2.75, 3.05) is 23.4 Å². The Morgan fingerprint density at radius 2 is 1.97 bits per heavy atom. The maximum atomic E-state index is 12.8. The molecule has 0 radical (unpaired) electrons. The zero-order valence-electron chi connectivity index (χ0n) is 16.7. The lowest BCUT2D eigenvalue weighted by Crippen LogP contribution is -2.41. The molecule has 3 rings (SSSR count). The van der Waals surface area contributed by atoms with Gasteiger partial charge in [0.1, 0.15) is 5.75 Å². The number of amides is 3. The first-order valence-electron chi connectivity index (χ1n) is 9.91. The average molecular weight is 420 g/mol. The van der Waals surface area contributed by atoms with E-state index >= 15 is 0 Å². The lowest BCUT2D eigenvalue weighted by Gasteiger charge is -2.32. The van der Waals surface area contributed by atoms with Gasteiger partial charge in [-0.1, -0.05) is 31.9 Å². The number of carbonyl (C=O) groups excluding carboxylic acids is 3. The molecule has 7 nitrogen and oxygen atoms in total. The number of carbonyl (C=O) groups is 3. The molecular weight excluding hydrogens is 394 g/mol. The van der Waals surface area contributed by atoms with Crippen LogP contribution in [0.15, 0.2) is 23.3 Å². The van der Waals surface area contributed by atoms with Crippen LogP contribution in [0, 0.1) is 5.92 Å². The van der Waals surface area contributed by atoms with Crippen LogP contribution in [0.25, 0.3) is 0 Å². The van der Waals surface area contributed by atoms with Crippen molar-refractivity contribution in [2.24, 2.45) is 11.7 Å². The largest absolute Gasteiger partial charge is 0.482 e. The zero-order chi connectivity index (χ0) is 21.1. The Bertz CT molecular complexity index is 881. The standard InChI is InChI=1S/C21H26ClN3O4/c1-3-12(2)10-25-17-9-16(15(22)8-18(17)29-11-19(25)26)24-21(28)14-7-5-4-6-13(14)20(23)27/h8-9,12H,3-7,10-11H2,1-2H3,(H2,23,27)(H,24,28). The summed E-state index contributed by atoms with van der Waals surface area (Å²) < 4.78 is 5.53. The van der Waals surface area contributed by atoms with Gasteiger partial charge in [0.2, 0.25) is 5.91 Å². The van der Waals surface area contributed by atoms with Crippen molar-refractivity contribution >= 4 is 40.7 Å². The van der Waals surface area contributed by atoms with Crippen LogP contribution in [0.1, 0.15) is 46.0 Å². The fraction of sp³-hybridized carbons (Fsp3) is 0.476. The SMILES string of the molecule is CCC(C)CN1C(=O)COc2cc(Cl)c(NC(=O)C3=C(C(N)=O)CCCC3)cc21. The van der Waals surface area contributed by atoms with Gasteiger partial charge in [-0.05, 0) is 37.7 Å². The second kappa shape index (κ2) is 8.86. The fourth-order valence-electron chi connectivity index (χ4n) is 3.58. The zero-order valence-corrected chi connectivity index (χ0v) is 17.5. The molecule has 2 aliphatic rings.